The molecule has 0 spiro atoms. The number of hydrogen-bond acceptors (Lipinski definition) is 5. The maximum absolute atomic E-state index is 13.2. The summed E-state index contributed by atoms with van der Waals surface area (Å²) in [7, 11) is 0. The first-order chi connectivity index (χ1) is 13.8. The van der Waals surface area contributed by atoms with Gasteiger partial charge < -0.3 is 9.64 Å². The third-order valence-corrected chi connectivity index (χ3v) is 4.87. The lowest BCUT2D eigenvalue weighted by Gasteiger charge is -2.33. The van der Waals surface area contributed by atoms with Gasteiger partial charge in [0.1, 0.15) is 24.0 Å². The summed E-state index contributed by atoms with van der Waals surface area (Å²) in [6.07, 6.45) is 6.93. The number of nitrogens with zero attached hydrogens (tertiary/aromatic N) is 6. The molecule has 8 heteroatoms. The fourth-order valence-electron chi connectivity index (χ4n) is 3.53. The number of carbonyl (C=O) groups is 1. The molecule has 1 aliphatic rings. The Hall–Kier alpha value is -3.68. The highest BCUT2D eigenvalue weighted by Gasteiger charge is 2.30. The van der Waals surface area contributed by atoms with Crippen molar-refractivity contribution in [1.82, 2.24) is 29.0 Å². The van der Waals surface area contributed by atoms with Crippen LogP contribution in [0, 0.1) is 0 Å². The molecule has 0 radical (unpaired) electrons. The summed E-state index contributed by atoms with van der Waals surface area (Å²) in [6, 6.07) is 13.0. The van der Waals surface area contributed by atoms with Gasteiger partial charge in [-0.25, -0.2) is 9.97 Å². The van der Waals surface area contributed by atoms with Crippen molar-refractivity contribution < 1.29 is 9.53 Å². The normalized spacial score (nSPS) is 16.1. The van der Waals surface area contributed by atoms with Crippen LogP contribution in [0.4, 0.5) is 0 Å². The predicted octanol–water partition coefficient (Wildman–Crippen LogP) is 2.20. The molecule has 0 fully saturated rings. The van der Waals surface area contributed by atoms with E-state index in [2.05, 4.69) is 15.1 Å². The highest BCUT2D eigenvalue weighted by Crippen LogP contribution is 2.23. The van der Waals surface area contributed by atoms with Crippen molar-refractivity contribution in [1.29, 1.82) is 0 Å². The molecule has 8 nitrogen and oxygen atoms in total. The van der Waals surface area contributed by atoms with E-state index in [1.165, 1.54) is 0 Å². The highest BCUT2D eigenvalue weighted by atomic mass is 16.5. The predicted molar refractivity (Wildman–Crippen MR) is 101 cm³/mol. The van der Waals surface area contributed by atoms with Crippen LogP contribution in [0.5, 0.6) is 5.88 Å². The lowest BCUT2D eigenvalue weighted by molar-refractivity contribution is 0.0624. The highest BCUT2D eigenvalue weighted by molar-refractivity contribution is 5.93. The Balaban J connectivity index is 1.40. The van der Waals surface area contributed by atoms with Crippen molar-refractivity contribution in [3.8, 4) is 5.88 Å². The van der Waals surface area contributed by atoms with E-state index in [1.54, 1.807) is 18.6 Å². The third kappa shape index (κ3) is 2.88. The van der Waals surface area contributed by atoms with Crippen LogP contribution in [0.3, 0.4) is 0 Å². The van der Waals surface area contributed by atoms with Crippen molar-refractivity contribution in [2.75, 3.05) is 13.2 Å². The van der Waals surface area contributed by atoms with Gasteiger partial charge >= 0.3 is 0 Å². The fourth-order valence-corrected chi connectivity index (χ4v) is 3.53. The molecular formula is C20H18N6O2. The Morgan fingerprint density at radius 2 is 2.04 bits per heavy atom. The van der Waals surface area contributed by atoms with Crippen LogP contribution < -0.4 is 4.74 Å². The van der Waals surface area contributed by atoms with Crippen molar-refractivity contribution in [2.45, 2.75) is 12.6 Å². The van der Waals surface area contributed by atoms with Crippen LogP contribution in [-0.2, 0) is 6.54 Å². The average Bonchev–Trinajstić information content (AvgIpc) is 3.39. The second-order valence-corrected chi connectivity index (χ2v) is 6.66. The van der Waals surface area contributed by atoms with Gasteiger partial charge in [0.15, 0.2) is 0 Å². The number of amides is 1. The average molecular weight is 374 g/mol. The van der Waals surface area contributed by atoms with Gasteiger partial charge in [-0.15, -0.1) is 0 Å². The number of carbonyl (C=O) groups excluding carboxylic acids is 1. The lowest BCUT2D eigenvalue weighted by Crippen LogP contribution is -2.43. The number of rotatable bonds is 4. The van der Waals surface area contributed by atoms with Crippen LogP contribution in [0.2, 0.25) is 0 Å². The van der Waals surface area contributed by atoms with Crippen molar-refractivity contribution in [3.63, 3.8) is 0 Å². The van der Waals surface area contributed by atoms with Gasteiger partial charge in [0, 0.05) is 31.2 Å². The Bertz CT molecular complexity index is 1120. The van der Waals surface area contributed by atoms with E-state index in [4.69, 9.17) is 4.74 Å². The van der Waals surface area contributed by atoms with Gasteiger partial charge in [0.25, 0.3) is 5.91 Å². The van der Waals surface area contributed by atoms with E-state index in [0.29, 0.717) is 31.3 Å². The van der Waals surface area contributed by atoms with E-state index < -0.39 is 0 Å². The Labute approximate surface area is 161 Å². The number of pyridine rings is 2. The largest absolute Gasteiger partial charge is 0.475 e. The Kier molecular flexibility index (Phi) is 4.01. The number of imidazole rings is 1. The molecule has 5 heterocycles. The molecule has 4 aromatic heterocycles. The monoisotopic (exact) mass is 374 g/mol. The summed E-state index contributed by atoms with van der Waals surface area (Å²) in [6.45, 7) is 1.38. The first-order valence-electron chi connectivity index (χ1n) is 9.07. The first kappa shape index (κ1) is 16.5. The van der Waals surface area contributed by atoms with E-state index in [-0.39, 0.29) is 11.9 Å². The molecule has 1 aliphatic heterocycles. The summed E-state index contributed by atoms with van der Waals surface area (Å²) >= 11 is 0. The molecule has 0 unspecified atom stereocenters. The standard InChI is InChI=1S/C20H18N6O2/c27-20(17-11-22-18-5-2-4-10-25(17)18)24-12-15-7-9-23-26(15)16(13-24)14-28-19-6-1-3-8-21-19/h1-11,16H,12-14H2/t16-/m0/s1. The van der Waals surface area contributed by atoms with Crippen LogP contribution >= 0.6 is 0 Å². The van der Waals surface area contributed by atoms with Crippen LogP contribution in [0.15, 0.2) is 67.3 Å². The Morgan fingerprint density at radius 3 is 2.93 bits per heavy atom. The maximum Gasteiger partial charge on any atom is 0.272 e. The zero-order valence-corrected chi connectivity index (χ0v) is 15.0. The molecule has 0 bridgehead atoms. The van der Waals surface area contributed by atoms with E-state index >= 15 is 0 Å². The lowest BCUT2D eigenvalue weighted by atomic mass is 10.2. The molecule has 0 aromatic carbocycles. The summed E-state index contributed by atoms with van der Waals surface area (Å²) in [5, 5.41) is 4.42. The number of aromatic nitrogens is 5. The molecule has 5 rings (SSSR count). The van der Waals surface area contributed by atoms with Gasteiger partial charge in [-0.2, -0.15) is 5.10 Å². The third-order valence-electron chi connectivity index (χ3n) is 4.87. The molecule has 28 heavy (non-hydrogen) atoms. The number of hydrogen-bond donors (Lipinski definition) is 0. The van der Waals surface area contributed by atoms with Crippen molar-refractivity contribution >= 4 is 11.6 Å². The van der Waals surface area contributed by atoms with Crippen molar-refractivity contribution in [3.05, 3.63) is 78.6 Å². The molecule has 1 atom stereocenters. The Morgan fingerprint density at radius 1 is 1.11 bits per heavy atom. The molecule has 0 saturated heterocycles. The molecule has 1 amide bonds. The van der Waals surface area contributed by atoms with Crippen LogP contribution in [0.1, 0.15) is 22.2 Å². The van der Waals surface area contributed by atoms with Gasteiger partial charge in [-0.1, -0.05) is 12.1 Å². The van der Waals surface area contributed by atoms with Gasteiger partial charge in [0.2, 0.25) is 5.88 Å². The number of fused-ring (bicyclic) bond motifs is 2. The van der Waals surface area contributed by atoms with Crippen molar-refractivity contribution in [2.24, 2.45) is 0 Å². The van der Waals surface area contributed by atoms with Crippen LogP contribution in [-0.4, -0.2) is 48.1 Å². The minimum absolute atomic E-state index is 0.0611. The number of ether oxygens (including phenoxy) is 1. The van der Waals surface area contributed by atoms with E-state index in [0.717, 1.165) is 11.3 Å². The first-order valence-corrected chi connectivity index (χ1v) is 9.07. The van der Waals surface area contributed by atoms with Gasteiger partial charge in [0.05, 0.1) is 18.4 Å². The summed E-state index contributed by atoms with van der Waals surface area (Å²) < 4.78 is 9.58. The molecule has 0 aliphatic carbocycles. The zero-order chi connectivity index (χ0) is 18.9. The molecule has 140 valence electrons. The quantitative estimate of drug-likeness (QED) is 0.547. The molecule has 0 N–H and O–H groups in total. The summed E-state index contributed by atoms with van der Waals surface area (Å²) in [5.41, 5.74) is 2.28. The molecule has 0 saturated carbocycles. The van der Waals surface area contributed by atoms with E-state index in [1.807, 2.05) is 62.6 Å². The van der Waals surface area contributed by atoms with Gasteiger partial charge in [-0.05, 0) is 24.3 Å². The fraction of sp³-hybridized carbons (Fsp3) is 0.200. The minimum Gasteiger partial charge on any atom is -0.475 e. The zero-order valence-electron chi connectivity index (χ0n) is 15.0. The summed E-state index contributed by atoms with van der Waals surface area (Å²) in [5.74, 6) is 0.496. The smallest absolute Gasteiger partial charge is 0.272 e. The molecular weight excluding hydrogens is 356 g/mol. The minimum atomic E-state index is -0.0936. The van der Waals surface area contributed by atoms with Crippen LogP contribution in [0.25, 0.3) is 5.65 Å². The summed E-state index contributed by atoms with van der Waals surface area (Å²) in [4.78, 5) is 23.5. The van der Waals surface area contributed by atoms with E-state index in [9.17, 15) is 4.79 Å². The maximum atomic E-state index is 13.2. The second-order valence-electron chi connectivity index (χ2n) is 6.66. The van der Waals surface area contributed by atoms with Gasteiger partial charge in [-0.3, -0.25) is 13.9 Å². The second kappa shape index (κ2) is 6.80. The molecule has 4 aromatic rings. The topological polar surface area (TPSA) is 77.6 Å². The SMILES string of the molecule is O=C(c1cnc2ccccn12)N1Cc2ccnn2[C@H](COc2ccccn2)C1.